The molecule has 0 radical (unpaired) electrons. The maximum absolute atomic E-state index is 4.73. The average Bonchev–Trinajstić information content (AvgIpc) is 2.31. The lowest BCUT2D eigenvalue weighted by Gasteiger charge is -2.23. The van der Waals surface area contributed by atoms with Gasteiger partial charge in [-0.1, -0.05) is 0 Å². The van der Waals surface area contributed by atoms with Crippen molar-refractivity contribution >= 4 is 23.9 Å². The van der Waals surface area contributed by atoms with Gasteiger partial charge in [0.1, 0.15) is 0 Å². The van der Waals surface area contributed by atoms with E-state index in [9.17, 15) is 0 Å². The Hall–Kier alpha value is -1.32. The molecule has 1 aliphatic rings. The highest BCUT2D eigenvalue weighted by molar-refractivity contribution is 5.87. The van der Waals surface area contributed by atoms with Gasteiger partial charge in [-0.05, 0) is 55.4 Å². The van der Waals surface area contributed by atoms with Crippen molar-refractivity contribution in [2.24, 2.45) is 20.0 Å². The summed E-state index contributed by atoms with van der Waals surface area (Å²) < 4.78 is 0. The van der Waals surface area contributed by atoms with Gasteiger partial charge >= 0.3 is 0 Å². The number of rotatable bonds is 0. The molecule has 4 nitrogen and oxygen atoms in total. The van der Waals surface area contributed by atoms with Crippen molar-refractivity contribution in [1.82, 2.24) is 0 Å². The Labute approximate surface area is 136 Å². The van der Waals surface area contributed by atoms with Crippen LogP contribution in [0.1, 0.15) is 68.2 Å². The summed E-state index contributed by atoms with van der Waals surface area (Å²) in [5.74, 6) is 0. The van der Waals surface area contributed by atoms with Crippen LogP contribution in [0.25, 0.3) is 0 Å². The second-order valence-corrected chi connectivity index (χ2v) is 7.74. The molecule has 0 aromatic carbocycles. The van der Waals surface area contributed by atoms with Gasteiger partial charge < -0.3 is 0 Å². The lowest BCUT2D eigenvalue weighted by molar-refractivity contribution is 0.538. The third-order valence-electron chi connectivity index (χ3n) is 3.50. The van der Waals surface area contributed by atoms with Crippen LogP contribution in [0.2, 0.25) is 0 Å². The molecule has 0 aliphatic carbocycles. The average molecular weight is 304 g/mol. The third-order valence-corrected chi connectivity index (χ3v) is 3.50. The molecule has 1 rings (SSSR count). The number of hydrogen-bond donors (Lipinski definition) is 0. The van der Waals surface area contributed by atoms with Gasteiger partial charge in [0.2, 0.25) is 0 Å². The predicted molar refractivity (Wildman–Crippen MR) is 99.5 cm³/mol. The van der Waals surface area contributed by atoms with Crippen LogP contribution in [-0.4, -0.2) is 47.0 Å². The minimum absolute atomic E-state index is 0.0955. The molecule has 22 heavy (non-hydrogen) atoms. The summed E-state index contributed by atoms with van der Waals surface area (Å²) >= 11 is 0. The van der Waals surface area contributed by atoms with Crippen LogP contribution in [0, 0.1) is 0 Å². The van der Waals surface area contributed by atoms with Crippen molar-refractivity contribution in [3.05, 3.63) is 0 Å². The zero-order valence-corrected chi connectivity index (χ0v) is 15.5. The summed E-state index contributed by atoms with van der Waals surface area (Å²) in [6.45, 7) is 16.9. The van der Waals surface area contributed by atoms with E-state index in [2.05, 4.69) is 55.4 Å². The summed E-state index contributed by atoms with van der Waals surface area (Å²) in [5, 5.41) is 0. The maximum Gasteiger partial charge on any atom is 0.0817 e. The fourth-order valence-electron chi connectivity index (χ4n) is 2.82. The summed E-state index contributed by atoms with van der Waals surface area (Å²) in [4.78, 5) is 18.9. The SMILES string of the molecule is CC1=N[C@H](C)C=NC(C)(C)CC(C)=N[C@@H](C)C=NC(C)(C)C1. The largest absolute Gasteiger partial charge is 0.289 e. The fourth-order valence-corrected chi connectivity index (χ4v) is 2.82. The summed E-state index contributed by atoms with van der Waals surface area (Å²) in [5.41, 5.74) is 1.93. The molecular weight excluding hydrogens is 272 g/mol. The molecular formula is C18H32N4. The van der Waals surface area contributed by atoms with E-state index in [1.165, 1.54) is 0 Å². The maximum atomic E-state index is 4.73. The van der Waals surface area contributed by atoms with Crippen LogP contribution >= 0.6 is 0 Å². The predicted octanol–water partition coefficient (Wildman–Crippen LogP) is 4.18. The smallest absolute Gasteiger partial charge is 0.0817 e. The first kappa shape index (κ1) is 18.7. The highest BCUT2D eigenvalue weighted by atomic mass is 14.9. The Morgan fingerprint density at radius 3 is 1.41 bits per heavy atom. The monoisotopic (exact) mass is 304 g/mol. The first-order valence-corrected chi connectivity index (χ1v) is 8.16. The molecule has 1 heterocycles. The fraction of sp³-hybridized carbons (Fsp3) is 0.778. The molecule has 0 amide bonds. The first-order chi connectivity index (χ1) is 9.99. The minimum Gasteiger partial charge on any atom is -0.289 e. The van der Waals surface area contributed by atoms with Gasteiger partial charge in [0.15, 0.2) is 0 Å². The van der Waals surface area contributed by atoms with Crippen LogP contribution in [0.3, 0.4) is 0 Å². The molecule has 124 valence electrons. The molecule has 0 spiro atoms. The van der Waals surface area contributed by atoms with Crippen LogP contribution in [0.15, 0.2) is 20.0 Å². The molecule has 0 fully saturated rings. The van der Waals surface area contributed by atoms with Gasteiger partial charge in [-0.2, -0.15) is 0 Å². The Bertz CT molecular complexity index is 449. The van der Waals surface area contributed by atoms with E-state index in [-0.39, 0.29) is 23.2 Å². The molecule has 2 atom stereocenters. The van der Waals surface area contributed by atoms with E-state index in [4.69, 9.17) is 20.0 Å². The van der Waals surface area contributed by atoms with Gasteiger partial charge in [0.25, 0.3) is 0 Å². The Balaban J connectivity index is 3.14. The molecule has 0 aromatic heterocycles. The number of nitrogens with zero attached hydrogens (tertiary/aromatic N) is 4. The molecule has 0 unspecified atom stereocenters. The van der Waals surface area contributed by atoms with Crippen LogP contribution in [0.4, 0.5) is 0 Å². The highest BCUT2D eigenvalue weighted by Crippen LogP contribution is 2.18. The Morgan fingerprint density at radius 1 is 0.773 bits per heavy atom. The molecule has 4 heteroatoms. The third kappa shape index (κ3) is 7.10. The van der Waals surface area contributed by atoms with Crippen LogP contribution < -0.4 is 0 Å². The van der Waals surface area contributed by atoms with Crippen molar-refractivity contribution < 1.29 is 0 Å². The van der Waals surface area contributed by atoms with E-state index >= 15 is 0 Å². The van der Waals surface area contributed by atoms with Crippen molar-refractivity contribution in [3.8, 4) is 0 Å². The van der Waals surface area contributed by atoms with E-state index in [1.807, 2.05) is 12.4 Å². The minimum atomic E-state index is -0.147. The van der Waals surface area contributed by atoms with Gasteiger partial charge in [-0.25, -0.2) is 0 Å². The molecule has 0 N–H and O–H groups in total. The molecule has 0 saturated heterocycles. The van der Waals surface area contributed by atoms with E-state index in [0.717, 1.165) is 24.3 Å². The lowest BCUT2D eigenvalue weighted by atomic mass is 9.97. The first-order valence-electron chi connectivity index (χ1n) is 8.16. The van der Waals surface area contributed by atoms with E-state index < -0.39 is 0 Å². The van der Waals surface area contributed by atoms with Gasteiger partial charge in [-0.3, -0.25) is 20.0 Å². The molecule has 0 aromatic rings. The molecule has 1 aliphatic heterocycles. The Kier molecular flexibility index (Phi) is 6.21. The lowest BCUT2D eigenvalue weighted by Crippen LogP contribution is -2.25. The van der Waals surface area contributed by atoms with Crippen molar-refractivity contribution in [1.29, 1.82) is 0 Å². The van der Waals surface area contributed by atoms with Crippen molar-refractivity contribution in [2.45, 2.75) is 91.4 Å². The second kappa shape index (κ2) is 7.30. The van der Waals surface area contributed by atoms with E-state index in [1.54, 1.807) is 0 Å². The highest BCUT2D eigenvalue weighted by Gasteiger charge is 2.20. The summed E-state index contributed by atoms with van der Waals surface area (Å²) in [7, 11) is 0. The normalized spacial score (nSPS) is 29.5. The molecule has 0 saturated carbocycles. The number of hydrogen-bond acceptors (Lipinski definition) is 4. The van der Waals surface area contributed by atoms with Crippen molar-refractivity contribution in [2.75, 3.05) is 0 Å². The van der Waals surface area contributed by atoms with Crippen molar-refractivity contribution in [3.63, 3.8) is 0 Å². The van der Waals surface area contributed by atoms with E-state index in [0.29, 0.717) is 0 Å². The van der Waals surface area contributed by atoms with Gasteiger partial charge in [-0.15, -0.1) is 0 Å². The van der Waals surface area contributed by atoms with Gasteiger partial charge in [0.05, 0.1) is 23.2 Å². The van der Waals surface area contributed by atoms with Crippen LogP contribution in [0.5, 0.6) is 0 Å². The quantitative estimate of drug-likeness (QED) is 0.645. The standard InChI is InChI=1S/C18H32N4/c1-13-9-17(5,6)19-12-16(4)22-14(2)10-18(7,8)20-11-15(3)21-13/h11-12,15-16H,9-10H2,1-8H3/t15-,16+. The topological polar surface area (TPSA) is 49.4 Å². The second-order valence-electron chi connectivity index (χ2n) is 7.74. The zero-order chi connectivity index (χ0) is 17.0. The summed E-state index contributed by atoms with van der Waals surface area (Å²) in [6.07, 6.45) is 5.62. The number of aliphatic imine (C=N–C) groups is 4. The van der Waals surface area contributed by atoms with Crippen LogP contribution in [-0.2, 0) is 0 Å². The van der Waals surface area contributed by atoms with Gasteiger partial charge in [0, 0.05) is 36.7 Å². The zero-order valence-electron chi connectivity index (χ0n) is 15.5. The molecule has 0 bridgehead atoms. The summed E-state index contributed by atoms with van der Waals surface area (Å²) in [6, 6.07) is 0.191. The Morgan fingerprint density at radius 2 is 1.09 bits per heavy atom.